The molecule has 4 heteroatoms. The number of aryl methyl sites for hydroxylation is 2. The Hall–Kier alpha value is -1.10. The standard InChI is InChI=1S/C19H32N2O2/c1-14(2)21-10-8-20(9-11-21)12-18(22)13-23-19-16(4)7-6-15(3)17(19)5/h6-7,14,18,22H,8-13H2,1-5H3. The highest BCUT2D eigenvalue weighted by Crippen LogP contribution is 2.25. The Morgan fingerprint density at radius 2 is 1.65 bits per heavy atom. The van der Waals surface area contributed by atoms with E-state index >= 15 is 0 Å². The minimum Gasteiger partial charge on any atom is -0.490 e. The zero-order chi connectivity index (χ0) is 17.0. The molecule has 0 aromatic heterocycles. The number of ether oxygens (including phenoxy) is 1. The molecule has 0 bridgehead atoms. The molecule has 4 nitrogen and oxygen atoms in total. The molecule has 1 fully saturated rings. The number of aliphatic hydroxyl groups is 1. The topological polar surface area (TPSA) is 35.9 Å². The first-order chi connectivity index (χ1) is 10.9. The second-order valence-corrected chi connectivity index (χ2v) is 7.05. The summed E-state index contributed by atoms with van der Waals surface area (Å²) in [5.41, 5.74) is 3.53. The van der Waals surface area contributed by atoms with Crippen LogP contribution in [0.2, 0.25) is 0 Å². The van der Waals surface area contributed by atoms with Crippen LogP contribution in [0.3, 0.4) is 0 Å². The molecule has 1 unspecified atom stereocenters. The highest BCUT2D eigenvalue weighted by Gasteiger charge is 2.21. The number of β-amino-alcohol motifs (C(OH)–C–C–N with tert-alkyl or cyclic N) is 1. The van der Waals surface area contributed by atoms with Crippen LogP contribution in [0.15, 0.2) is 12.1 Å². The minimum atomic E-state index is -0.445. The molecule has 0 amide bonds. The third-order valence-corrected chi connectivity index (χ3v) is 4.90. The van der Waals surface area contributed by atoms with Gasteiger partial charge in [0.2, 0.25) is 0 Å². The molecular weight excluding hydrogens is 288 g/mol. The Morgan fingerprint density at radius 1 is 1.04 bits per heavy atom. The summed E-state index contributed by atoms with van der Waals surface area (Å²) in [5, 5.41) is 10.3. The maximum absolute atomic E-state index is 10.3. The lowest BCUT2D eigenvalue weighted by atomic mass is 10.1. The summed E-state index contributed by atoms with van der Waals surface area (Å²) in [5.74, 6) is 0.925. The van der Waals surface area contributed by atoms with E-state index in [2.05, 4.69) is 56.6 Å². The van der Waals surface area contributed by atoms with Gasteiger partial charge in [0.25, 0.3) is 0 Å². The van der Waals surface area contributed by atoms with Gasteiger partial charge < -0.3 is 9.84 Å². The van der Waals surface area contributed by atoms with Gasteiger partial charge in [-0.25, -0.2) is 0 Å². The van der Waals surface area contributed by atoms with Crippen LogP contribution in [0.5, 0.6) is 5.75 Å². The van der Waals surface area contributed by atoms with Gasteiger partial charge in [0, 0.05) is 38.8 Å². The van der Waals surface area contributed by atoms with Gasteiger partial charge in [-0.2, -0.15) is 0 Å². The van der Waals surface area contributed by atoms with Gasteiger partial charge in [-0.05, 0) is 51.3 Å². The molecule has 2 rings (SSSR count). The van der Waals surface area contributed by atoms with Gasteiger partial charge in [-0.1, -0.05) is 12.1 Å². The van der Waals surface area contributed by atoms with Crippen LogP contribution in [0.4, 0.5) is 0 Å². The Balaban J connectivity index is 1.80. The fourth-order valence-corrected chi connectivity index (χ4v) is 3.14. The first-order valence-corrected chi connectivity index (χ1v) is 8.72. The number of nitrogens with zero attached hydrogens (tertiary/aromatic N) is 2. The molecule has 1 aromatic rings. The van der Waals surface area contributed by atoms with E-state index in [1.165, 1.54) is 11.1 Å². The van der Waals surface area contributed by atoms with Crippen molar-refractivity contribution in [3.63, 3.8) is 0 Å². The Kier molecular flexibility index (Phi) is 6.45. The quantitative estimate of drug-likeness (QED) is 0.873. The third-order valence-electron chi connectivity index (χ3n) is 4.90. The summed E-state index contributed by atoms with van der Waals surface area (Å²) in [4.78, 5) is 4.82. The molecule has 1 N–H and O–H groups in total. The van der Waals surface area contributed by atoms with Crippen LogP contribution >= 0.6 is 0 Å². The summed E-state index contributed by atoms with van der Waals surface area (Å²) in [7, 11) is 0. The molecule has 0 saturated carbocycles. The molecule has 0 spiro atoms. The van der Waals surface area contributed by atoms with E-state index < -0.39 is 6.10 Å². The number of piperazine rings is 1. The number of aliphatic hydroxyl groups excluding tert-OH is 1. The maximum atomic E-state index is 10.3. The molecule has 23 heavy (non-hydrogen) atoms. The highest BCUT2D eigenvalue weighted by atomic mass is 16.5. The zero-order valence-corrected chi connectivity index (χ0v) is 15.3. The van der Waals surface area contributed by atoms with Crippen molar-refractivity contribution in [2.45, 2.75) is 46.8 Å². The fourth-order valence-electron chi connectivity index (χ4n) is 3.14. The second kappa shape index (κ2) is 8.13. The van der Waals surface area contributed by atoms with Crippen molar-refractivity contribution in [3.05, 3.63) is 28.8 Å². The molecule has 1 aliphatic heterocycles. The van der Waals surface area contributed by atoms with Gasteiger partial charge in [0.15, 0.2) is 0 Å². The Morgan fingerprint density at radius 3 is 2.26 bits per heavy atom. The van der Waals surface area contributed by atoms with Gasteiger partial charge in [0.05, 0.1) is 0 Å². The lowest BCUT2D eigenvalue weighted by Crippen LogP contribution is -2.51. The average molecular weight is 320 g/mol. The van der Waals surface area contributed by atoms with E-state index in [-0.39, 0.29) is 0 Å². The van der Waals surface area contributed by atoms with Crippen LogP contribution in [0.1, 0.15) is 30.5 Å². The van der Waals surface area contributed by atoms with Crippen LogP contribution in [0, 0.1) is 20.8 Å². The smallest absolute Gasteiger partial charge is 0.125 e. The molecule has 1 saturated heterocycles. The van der Waals surface area contributed by atoms with Crippen molar-refractivity contribution in [2.24, 2.45) is 0 Å². The Bertz CT molecular complexity index is 508. The molecule has 0 aliphatic carbocycles. The third kappa shape index (κ3) is 4.93. The van der Waals surface area contributed by atoms with E-state index in [9.17, 15) is 5.11 Å². The highest BCUT2D eigenvalue weighted by molar-refractivity contribution is 5.44. The fraction of sp³-hybridized carbons (Fsp3) is 0.684. The lowest BCUT2D eigenvalue weighted by molar-refractivity contribution is 0.0397. The molecule has 0 radical (unpaired) electrons. The van der Waals surface area contributed by atoms with Gasteiger partial charge in [-0.3, -0.25) is 9.80 Å². The largest absolute Gasteiger partial charge is 0.490 e. The van der Waals surface area contributed by atoms with Crippen LogP contribution < -0.4 is 4.74 Å². The predicted octanol–water partition coefficient (Wildman–Crippen LogP) is 2.38. The van der Waals surface area contributed by atoms with E-state index in [0.29, 0.717) is 19.2 Å². The average Bonchev–Trinajstić information content (AvgIpc) is 2.51. The summed E-state index contributed by atoms with van der Waals surface area (Å²) in [6, 6.07) is 4.80. The van der Waals surface area contributed by atoms with Crippen LogP contribution in [0.25, 0.3) is 0 Å². The molecule has 130 valence electrons. The minimum absolute atomic E-state index is 0.357. The number of hydrogen-bond acceptors (Lipinski definition) is 4. The maximum Gasteiger partial charge on any atom is 0.125 e. The van der Waals surface area contributed by atoms with Crippen molar-refractivity contribution in [1.82, 2.24) is 9.80 Å². The van der Waals surface area contributed by atoms with Crippen LogP contribution in [-0.4, -0.2) is 66.4 Å². The zero-order valence-electron chi connectivity index (χ0n) is 15.3. The first-order valence-electron chi connectivity index (χ1n) is 8.72. The van der Waals surface area contributed by atoms with Crippen molar-refractivity contribution < 1.29 is 9.84 Å². The van der Waals surface area contributed by atoms with E-state index in [1.807, 2.05) is 0 Å². The molecular formula is C19H32N2O2. The van der Waals surface area contributed by atoms with Crippen molar-refractivity contribution >= 4 is 0 Å². The SMILES string of the molecule is Cc1ccc(C)c(OCC(O)CN2CCN(C(C)C)CC2)c1C. The van der Waals surface area contributed by atoms with E-state index in [0.717, 1.165) is 37.5 Å². The second-order valence-electron chi connectivity index (χ2n) is 7.05. The van der Waals surface area contributed by atoms with Crippen molar-refractivity contribution in [3.8, 4) is 5.75 Å². The Labute approximate surface area is 141 Å². The van der Waals surface area contributed by atoms with E-state index in [4.69, 9.17) is 4.74 Å². The summed E-state index contributed by atoms with van der Waals surface area (Å²) < 4.78 is 5.92. The molecule has 1 aliphatic rings. The van der Waals surface area contributed by atoms with Gasteiger partial charge in [0.1, 0.15) is 18.5 Å². The predicted molar refractivity (Wildman–Crippen MR) is 95.3 cm³/mol. The molecule has 1 aromatic carbocycles. The summed E-state index contributed by atoms with van der Waals surface area (Å²) in [6.07, 6.45) is -0.445. The van der Waals surface area contributed by atoms with E-state index in [1.54, 1.807) is 0 Å². The molecule has 1 heterocycles. The van der Waals surface area contributed by atoms with Crippen LogP contribution in [-0.2, 0) is 0 Å². The monoisotopic (exact) mass is 320 g/mol. The first kappa shape index (κ1) is 18.2. The number of benzene rings is 1. The van der Waals surface area contributed by atoms with Crippen molar-refractivity contribution in [2.75, 3.05) is 39.3 Å². The number of rotatable bonds is 6. The van der Waals surface area contributed by atoms with Crippen molar-refractivity contribution in [1.29, 1.82) is 0 Å². The summed E-state index contributed by atoms with van der Waals surface area (Å²) in [6.45, 7) is 16.0. The summed E-state index contributed by atoms with van der Waals surface area (Å²) >= 11 is 0. The lowest BCUT2D eigenvalue weighted by Gasteiger charge is -2.37. The molecule has 1 atom stereocenters. The normalized spacial score (nSPS) is 18.4. The van der Waals surface area contributed by atoms with Gasteiger partial charge >= 0.3 is 0 Å². The van der Waals surface area contributed by atoms with Gasteiger partial charge in [-0.15, -0.1) is 0 Å². The number of hydrogen-bond donors (Lipinski definition) is 1.